The summed E-state index contributed by atoms with van der Waals surface area (Å²) in [6.07, 6.45) is 12.5. The first-order chi connectivity index (χ1) is 13.0. The highest BCUT2D eigenvalue weighted by atomic mass is 79.9. The Kier molecular flexibility index (Phi) is 14.0. The molecule has 0 atom stereocenters. The lowest BCUT2D eigenvalue weighted by Crippen LogP contribution is -2.00. The van der Waals surface area contributed by atoms with E-state index in [1.807, 2.05) is 12.1 Å². The highest BCUT2D eigenvalue weighted by molar-refractivity contribution is 9.11. The Balaban J connectivity index is 2.12. The Hall–Kier alpha value is -0.550. The van der Waals surface area contributed by atoms with Crippen LogP contribution < -0.4 is 9.47 Å². The van der Waals surface area contributed by atoms with E-state index in [0.29, 0.717) is 5.78 Å². The minimum Gasteiger partial charge on any atom is -0.492 e. The average molecular weight is 506 g/mol. The van der Waals surface area contributed by atoms with Gasteiger partial charge in [0, 0.05) is 6.42 Å². The van der Waals surface area contributed by atoms with Crippen molar-refractivity contribution in [2.75, 3.05) is 13.2 Å². The molecule has 0 aliphatic carbocycles. The van der Waals surface area contributed by atoms with Crippen LogP contribution in [0, 0.1) is 0 Å². The van der Waals surface area contributed by atoms with Gasteiger partial charge in [-0.25, -0.2) is 0 Å². The number of hydrogen-bond acceptors (Lipinski definition) is 3. The molecule has 0 heterocycles. The fraction of sp³-hybridized carbons (Fsp3) is 0.682. The van der Waals surface area contributed by atoms with Crippen molar-refractivity contribution in [3.8, 4) is 11.5 Å². The average Bonchev–Trinajstić information content (AvgIpc) is 2.63. The number of ketones is 1. The van der Waals surface area contributed by atoms with Crippen LogP contribution in [0.5, 0.6) is 11.5 Å². The SMILES string of the molecule is CCCCOc1cc(Br)c(OCCCCCCCCCCC(C)=O)cc1Br. The number of carbonyl (C=O) groups is 1. The smallest absolute Gasteiger partial charge is 0.134 e. The van der Waals surface area contributed by atoms with Crippen LogP contribution in [0.1, 0.15) is 84.5 Å². The zero-order valence-electron chi connectivity index (χ0n) is 16.8. The number of halogens is 2. The first-order valence-corrected chi connectivity index (χ1v) is 11.9. The van der Waals surface area contributed by atoms with Gasteiger partial charge in [-0.1, -0.05) is 51.9 Å². The molecule has 154 valence electrons. The second-order valence-electron chi connectivity index (χ2n) is 7.04. The van der Waals surface area contributed by atoms with Crippen LogP contribution in [0.4, 0.5) is 0 Å². The fourth-order valence-corrected chi connectivity index (χ4v) is 3.65. The molecule has 0 bridgehead atoms. The van der Waals surface area contributed by atoms with E-state index in [0.717, 1.165) is 65.8 Å². The Bertz CT molecular complexity index is 547. The summed E-state index contributed by atoms with van der Waals surface area (Å²) in [7, 11) is 0. The molecule has 0 saturated heterocycles. The van der Waals surface area contributed by atoms with Gasteiger partial charge in [-0.2, -0.15) is 0 Å². The van der Waals surface area contributed by atoms with Crippen molar-refractivity contribution >= 4 is 37.6 Å². The predicted octanol–water partition coefficient (Wildman–Crippen LogP) is 7.87. The van der Waals surface area contributed by atoms with Crippen molar-refractivity contribution < 1.29 is 14.3 Å². The maximum Gasteiger partial charge on any atom is 0.134 e. The fourth-order valence-electron chi connectivity index (χ4n) is 2.78. The first-order valence-electron chi connectivity index (χ1n) is 10.3. The van der Waals surface area contributed by atoms with E-state index in [4.69, 9.17) is 9.47 Å². The lowest BCUT2D eigenvalue weighted by atomic mass is 10.1. The molecule has 0 aliphatic heterocycles. The minimum atomic E-state index is 0.312. The largest absolute Gasteiger partial charge is 0.492 e. The van der Waals surface area contributed by atoms with Crippen LogP contribution in [0.2, 0.25) is 0 Å². The summed E-state index contributed by atoms with van der Waals surface area (Å²) in [6.45, 7) is 5.30. The maximum atomic E-state index is 10.9. The number of ether oxygens (including phenoxy) is 2. The van der Waals surface area contributed by atoms with Gasteiger partial charge in [-0.15, -0.1) is 0 Å². The van der Waals surface area contributed by atoms with E-state index in [2.05, 4.69) is 38.8 Å². The molecule has 1 aromatic carbocycles. The standard InChI is InChI=1S/C22H34Br2O3/c1-3-4-14-26-21-16-20(24)22(17-19(21)23)27-15-12-10-8-6-5-7-9-11-13-18(2)25/h16-17H,3-15H2,1-2H3. The summed E-state index contributed by atoms with van der Waals surface area (Å²) >= 11 is 7.14. The topological polar surface area (TPSA) is 35.5 Å². The van der Waals surface area contributed by atoms with E-state index in [1.54, 1.807) is 6.92 Å². The number of benzene rings is 1. The molecule has 5 heteroatoms. The normalized spacial score (nSPS) is 10.8. The Labute approximate surface area is 181 Å². The molecular formula is C22H34Br2O3. The molecule has 0 N–H and O–H groups in total. The highest BCUT2D eigenvalue weighted by Gasteiger charge is 2.09. The van der Waals surface area contributed by atoms with Crippen LogP contribution in [-0.2, 0) is 4.79 Å². The molecule has 3 nitrogen and oxygen atoms in total. The van der Waals surface area contributed by atoms with Gasteiger partial charge in [-0.3, -0.25) is 0 Å². The molecule has 0 spiro atoms. The lowest BCUT2D eigenvalue weighted by molar-refractivity contribution is -0.117. The third-order valence-electron chi connectivity index (χ3n) is 4.42. The van der Waals surface area contributed by atoms with Crippen LogP contribution in [0.15, 0.2) is 21.1 Å². The second-order valence-corrected chi connectivity index (χ2v) is 8.75. The first kappa shape index (κ1) is 24.5. The number of rotatable bonds is 16. The van der Waals surface area contributed by atoms with Gasteiger partial charge in [0.1, 0.15) is 17.3 Å². The Morgan fingerprint density at radius 1 is 0.778 bits per heavy atom. The van der Waals surface area contributed by atoms with Gasteiger partial charge < -0.3 is 14.3 Å². The molecule has 1 aromatic rings. The van der Waals surface area contributed by atoms with E-state index in [1.165, 1.54) is 38.5 Å². The zero-order valence-corrected chi connectivity index (χ0v) is 20.0. The van der Waals surface area contributed by atoms with Gasteiger partial charge >= 0.3 is 0 Å². The summed E-state index contributed by atoms with van der Waals surface area (Å²) in [5, 5.41) is 0. The van der Waals surface area contributed by atoms with Crippen LogP contribution in [0.25, 0.3) is 0 Å². The van der Waals surface area contributed by atoms with Crippen molar-refractivity contribution in [3.63, 3.8) is 0 Å². The van der Waals surface area contributed by atoms with Gasteiger partial charge in [-0.05, 0) is 70.2 Å². The van der Waals surface area contributed by atoms with Gasteiger partial charge in [0.05, 0.1) is 22.2 Å². The number of hydrogen-bond donors (Lipinski definition) is 0. The van der Waals surface area contributed by atoms with Crippen molar-refractivity contribution in [1.29, 1.82) is 0 Å². The van der Waals surface area contributed by atoms with E-state index in [-0.39, 0.29) is 0 Å². The van der Waals surface area contributed by atoms with Crippen molar-refractivity contribution in [2.45, 2.75) is 84.5 Å². The lowest BCUT2D eigenvalue weighted by Gasteiger charge is -2.13. The third kappa shape index (κ3) is 11.8. The molecule has 0 fully saturated rings. The molecule has 0 unspecified atom stereocenters. The molecule has 27 heavy (non-hydrogen) atoms. The number of unbranched alkanes of at least 4 members (excludes halogenated alkanes) is 8. The van der Waals surface area contributed by atoms with E-state index >= 15 is 0 Å². The third-order valence-corrected chi connectivity index (χ3v) is 5.66. The molecule has 1 rings (SSSR count). The Morgan fingerprint density at radius 3 is 1.70 bits per heavy atom. The van der Waals surface area contributed by atoms with E-state index < -0.39 is 0 Å². The number of carbonyl (C=O) groups excluding carboxylic acids is 1. The highest BCUT2D eigenvalue weighted by Crippen LogP contribution is 2.36. The summed E-state index contributed by atoms with van der Waals surface area (Å²) < 4.78 is 13.6. The van der Waals surface area contributed by atoms with Crippen molar-refractivity contribution in [2.24, 2.45) is 0 Å². The van der Waals surface area contributed by atoms with Gasteiger partial charge in [0.2, 0.25) is 0 Å². The quantitative estimate of drug-likeness (QED) is 0.214. The van der Waals surface area contributed by atoms with Crippen molar-refractivity contribution in [1.82, 2.24) is 0 Å². The summed E-state index contributed by atoms with van der Waals surface area (Å²) in [6, 6.07) is 3.95. The van der Waals surface area contributed by atoms with Crippen LogP contribution in [0.3, 0.4) is 0 Å². The van der Waals surface area contributed by atoms with E-state index in [9.17, 15) is 4.79 Å². The van der Waals surface area contributed by atoms with Crippen LogP contribution >= 0.6 is 31.9 Å². The predicted molar refractivity (Wildman–Crippen MR) is 120 cm³/mol. The molecule has 0 radical (unpaired) electrons. The molecule has 0 aliphatic rings. The van der Waals surface area contributed by atoms with Gasteiger partial charge in [0.25, 0.3) is 0 Å². The Morgan fingerprint density at radius 2 is 1.22 bits per heavy atom. The minimum absolute atomic E-state index is 0.312. The van der Waals surface area contributed by atoms with Gasteiger partial charge in [0.15, 0.2) is 0 Å². The summed E-state index contributed by atoms with van der Waals surface area (Å²) in [4.78, 5) is 10.9. The number of Topliss-reactive ketones (excluding diaryl/α,β-unsaturated/α-hetero) is 1. The summed E-state index contributed by atoms with van der Waals surface area (Å²) in [5.74, 6) is 2.02. The van der Waals surface area contributed by atoms with Crippen molar-refractivity contribution in [3.05, 3.63) is 21.1 Å². The molecular weight excluding hydrogens is 472 g/mol. The zero-order chi connectivity index (χ0) is 19.9. The van der Waals surface area contributed by atoms with Crippen LogP contribution in [-0.4, -0.2) is 19.0 Å². The molecule has 0 saturated carbocycles. The maximum absolute atomic E-state index is 10.9. The molecule has 0 aromatic heterocycles. The second kappa shape index (κ2) is 15.4. The monoisotopic (exact) mass is 504 g/mol. The molecule has 0 amide bonds. The summed E-state index contributed by atoms with van der Waals surface area (Å²) in [5.41, 5.74) is 0.